The molecule has 3 unspecified atom stereocenters. The number of rotatable bonds is 7. The summed E-state index contributed by atoms with van der Waals surface area (Å²) in [6.45, 7) is 5.42. The molecule has 6 atom stereocenters. The molecule has 1 aliphatic carbocycles. The lowest BCUT2D eigenvalue weighted by atomic mass is 9.91. The number of para-hydroxylation sites is 1. The summed E-state index contributed by atoms with van der Waals surface area (Å²) >= 11 is 1.50. The number of benzene rings is 2. The van der Waals surface area contributed by atoms with Gasteiger partial charge in [-0.1, -0.05) is 23.9 Å². The average Bonchev–Trinajstić information content (AvgIpc) is 3.62. The minimum absolute atomic E-state index is 0.254. The predicted octanol–water partition coefficient (Wildman–Crippen LogP) is 2.69. The second kappa shape index (κ2) is 11.3. The Morgan fingerprint density at radius 2 is 1.51 bits per heavy atom. The molecule has 0 radical (unpaired) electrons. The number of alkyl halides is 3. The molecule has 4 aliphatic rings. The van der Waals surface area contributed by atoms with E-state index < -0.39 is 47.9 Å². The first-order valence-corrected chi connectivity index (χ1v) is 15.0. The van der Waals surface area contributed by atoms with Gasteiger partial charge in [-0.05, 0) is 49.7 Å². The molecule has 2 saturated heterocycles. The highest BCUT2D eigenvalue weighted by Crippen LogP contribution is 2.50. The van der Waals surface area contributed by atoms with Gasteiger partial charge in [0.15, 0.2) is 0 Å². The van der Waals surface area contributed by atoms with Gasteiger partial charge in [0.2, 0.25) is 0 Å². The van der Waals surface area contributed by atoms with E-state index in [1.165, 1.54) is 17.8 Å². The monoisotopic (exact) mass is 595 g/mol. The van der Waals surface area contributed by atoms with E-state index in [9.17, 15) is 33.6 Å². The van der Waals surface area contributed by atoms with Crippen LogP contribution < -0.4 is 4.90 Å². The van der Waals surface area contributed by atoms with Crippen LogP contribution in [-0.4, -0.2) is 112 Å². The topological polar surface area (TPSA) is 99.9 Å². The Balaban J connectivity index is 1.01. The fraction of sp³-hybridized carbons (Fsp3) is 0.586. The van der Waals surface area contributed by atoms with Crippen molar-refractivity contribution in [2.45, 2.75) is 71.4 Å². The van der Waals surface area contributed by atoms with Gasteiger partial charge in [-0.3, -0.25) is 0 Å². The van der Waals surface area contributed by atoms with Crippen LogP contribution in [0.1, 0.15) is 24.8 Å². The van der Waals surface area contributed by atoms with Gasteiger partial charge in [-0.2, -0.15) is 13.2 Å². The highest BCUT2D eigenvalue weighted by atomic mass is 32.2. The SMILES string of the molecule is OC1CC12OC(CCN1CCN(CCCN3c4ccccc4Sc4ccc(C(F)(F)F)cc43)CC1)[C@H](O)[C@@H](O)[C@@H]2O. The van der Waals surface area contributed by atoms with Crippen LogP contribution >= 0.6 is 11.8 Å². The largest absolute Gasteiger partial charge is 0.416 e. The average molecular weight is 596 g/mol. The zero-order chi connectivity index (χ0) is 28.9. The van der Waals surface area contributed by atoms with E-state index in [4.69, 9.17) is 4.74 Å². The molecule has 6 rings (SSSR count). The van der Waals surface area contributed by atoms with Crippen molar-refractivity contribution in [3.05, 3.63) is 48.0 Å². The van der Waals surface area contributed by atoms with Crippen molar-refractivity contribution in [1.82, 2.24) is 9.80 Å². The number of aliphatic hydroxyl groups is 4. The number of hydrogen-bond donors (Lipinski definition) is 4. The highest BCUT2D eigenvalue weighted by Gasteiger charge is 2.67. The lowest BCUT2D eigenvalue weighted by Crippen LogP contribution is -2.60. The van der Waals surface area contributed by atoms with Crippen LogP contribution in [0.4, 0.5) is 24.5 Å². The molecule has 41 heavy (non-hydrogen) atoms. The highest BCUT2D eigenvalue weighted by molar-refractivity contribution is 7.99. The summed E-state index contributed by atoms with van der Waals surface area (Å²) in [6.07, 6.45) is -8.22. The van der Waals surface area contributed by atoms with Crippen LogP contribution in [-0.2, 0) is 10.9 Å². The maximum Gasteiger partial charge on any atom is 0.416 e. The van der Waals surface area contributed by atoms with Crippen molar-refractivity contribution in [3.63, 3.8) is 0 Å². The van der Waals surface area contributed by atoms with E-state index in [2.05, 4.69) is 9.80 Å². The standard InChI is InChI=1S/C29H36F3N3O5S/c30-29(31,32)18-6-7-23-20(16-18)35(19-4-1-2-5-22(19)41-23)10-3-9-33-12-14-34(15-13-33)11-8-21-25(37)26(38)27(39)28(40-21)17-24(28)36/h1-2,4-7,16,21,24-27,36-39H,3,8-15,17H2/t21?,24?,25-,26+,27-,28?/m0/s1. The van der Waals surface area contributed by atoms with Crippen molar-refractivity contribution < 1.29 is 38.3 Å². The zero-order valence-corrected chi connectivity index (χ0v) is 23.4. The molecule has 4 N–H and O–H groups in total. The van der Waals surface area contributed by atoms with E-state index in [1.54, 1.807) is 6.07 Å². The first kappa shape index (κ1) is 29.2. The molecule has 0 aromatic heterocycles. The summed E-state index contributed by atoms with van der Waals surface area (Å²) in [6, 6.07) is 11.8. The van der Waals surface area contributed by atoms with Gasteiger partial charge in [0, 0.05) is 55.5 Å². The number of halogens is 3. The fourth-order valence-corrected chi connectivity index (χ4v) is 7.36. The second-order valence-corrected chi connectivity index (χ2v) is 12.6. The number of anilines is 2. The van der Waals surface area contributed by atoms with Gasteiger partial charge in [0.05, 0.1) is 29.1 Å². The fourth-order valence-electron chi connectivity index (χ4n) is 6.28. The van der Waals surface area contributed by atoms with Gasteiger partial charge in [-0.15, -0.1) is 0 Å². The van der Waals surface area contributed by atoms with Crippen molar-refractivity contribution in [2.75, 3.05) is 50.7 Å². The smallest absolute Gasteiger partial charge is 0.390 e. The third kappa shape index (κ3) is 5.73. The number of aliphatic hydroxyl groups excluding tert-OH is 4. The summed E-state index contributed by atoms with van der Waals surface area (Å²) in [4.78, 5) is 8.49. The van der Waals surface area contributed by atoms with Gasteiger partial charge < -0.3 is 39.9 Å². The molecule has 12 heteroatoms. The number of nitrogens with zero attached hydrogens (tertiary/aromatic N) is 3. The molecule has 3 heterocycles. The predicted molar refractivity (Wildman–Crippen MR) is 147 cm³/mol. The van der Waals surface area contributed by atoms with Crippen LogP contribution in [0.3, 0.4) is 0 Å². The summed E-state index contributed by atoms with van der Waals surface area (Å²) in [5.41, 5.74) is -0.277. The minimum atomic E-state index is -4.40. The molecule has 3 fully saturated rings. The maximum absolute atomic E-state index is 13.5. The molecule has 3 aliphatic heterocycles. The lowest BCUT2D eigenvalue weighted by molar-refractivity contribution is -0.243. The van der Waals surface area contributed by atoms with E-state index >= 15 is 0 Å². The van der Waals surface area contributed by atoms with Crippen molar-refractivity contribution >= 4 is 23.1 Å². The molecule has 8 nitrogen and oxygen atoms in total. The van der Waals surface area contributed by atoms with Gasteiger partial charge in [0.25, 0.3) is 0 Å². The summed E-state index contributed by atoms with van der Waals surface area (Å²) in [7, 11) is 0. The van der Waals surface area contributed by atoms with Crippen molar-refractivity contribution in [1.29, 1.82) is 0 Å². The molecule has 2 aromatic carbocycles. The van der Waals surface area contributed by atoms with Crippen LogP contribution in [0, 0.1) is 0 Å². The Bertz CT molecular complexity index is 1250. The van der Waals surface area contributed by atoms with Crippen LogP contribution in [0.25, 0.3) is 0 Å². The molecular weight excluding hydrogens is 559 g/mol. The zero-order valence-electron chi connectivity index (χ0n) is 22.6. The molecule has 1 saturated carbocycles. The molecule has 0 amide bonds. The quantitative estimate of drug-likeness (QED) is 0.385. The molecular formula is C29H36F3N3O5S. The Labute approximate surface area is 241 Å². The van der Waals surface area contributed by atoms with Crippen LogP contribution in [0.15, 0.2) is 52.3 Å². The maximum atomic E-state index is 13.5. The Morgan fingerprint density at radius 3 is 2.20 bits per heavy atom. The molecule has 1 spiro atoms. The second-order valence-electron chi connectivity index (χ2n) is 11.5. The van der Waals surface area contributed by atoms with E-state index in [1.807, 2.05) is 29.2 Å². The molecule has 224 valence electrons. The van der Waals surface area contributed by atoms with Gasteiger partial charge in [0.1, 0.15) is 23.9 Å². The molecule has 0 bridgehead atoms. The van der Waals surface area contributed by atoms with Crippen molar-refractivity contribution in [3.8, 4) is 0 Å². The van der Waals surface area contributed by atoms with Gasteiger partial charge in [-0.25, -0.2) is 0 Å². The normalized spacial score (nSPS) is 32.2. The van der Waals surface area contributed by atoms with Crippen molar-refractivity contribution in [2.24, 2.45) is 0 Å². The minimum Gasteiger partial charge on any atom is -0.390 e. The third-order valence-corrected chi connectivity index (χ3v) is 9.98. The van der Waals surface area contributed by atoms with E-state index in [-0.39, 0.29) is 6.42 Å². The molecule has 2 aromatic rings. The summed E-state index contributed by atoms with van der Waals surface area (Å²) < 4.78 is 46.3. The summed E-state index contributed by atoms with van der Waals surface area (Å²) in [5, 5.41) is 40.8. The van der Waals surface area contributed by atoms with Gasteiger partial charge >= 0.3 is 6.18 Å². The first-order valence-electron chi connectivity index (χ1n) is 14.2. The first-order chi connectivity index (χ1) is 19.6. The Morgan fingerprint density at radius 1 is 0.854 bits per heavy atom. The lowest BCUT2D eigenvalue weighted by Gasteiger charge is -2.42. The number of ether oxygens (including phenoxy) is 1. The summed E-state index contributed by atoms with van der Waals surface area (Å²) in [5.74, 6) is 0. The number of fused-ring (bicyclic) bond motifs is 2. The Kier molecular flexibility index (Phi) is 8.05. The number of piperazine rings is 1. The number of hydrogen-bond acceptors (Lipinski definition) is 9. The van der Waals surface area contributed by atoms with Crippen LogP contribution in [0.2, 0.25) is 0 Å². The third-order valence-electron chi connectivity index (χ3n) is 8.85. The van der Waals surface area contributed by atoms with E-state index in [0.717, 1.165) is 60.7 Å². The van der Waals surface area contributed by atoms with E-state index in [0.29, 0.717) is 25.2 Å². The Hall–Kier alpha value is -1.90. The van der Waals surface area contributed by atoms with Crippen LogP contribution in [0.5, 0.6) is 0 Å².